The van der Waals surface area contributed by atoms with Gasteiger partial charge in [-0.15, -0.1) is 0 Å². The highest BCUT2D eigenvalue weighted by atomic mass is 19.4. The van der Waals surface area contributed by atoms with Crippen LogP contribution in [0.4, 0.5) is 18.9 Å². The topological polar surface area (TPSA) is 29.3 Å². The molecule has 0 atom stereocenters. The first-order valence-electron chi connectivity index (χ1n) is 6.50. The van der Waals surface area contributed by atoms with Crippen LogP contribution in [0.15, 0.2) is 24.3 Å². The van der Waals surface area contributed by atoms with E-state index in [9.17, 15) is 13.2 Å². The molecule has 0 radical (unpaired) electrons. The quantitative estimate of drug-likeness (QED) is 0.834. The Morgan fingerprint density at radius 3 is 2.21 bits per heavy atom. The number of halogens is 3. The number of benzene rings is 1. The summed E-state index contributed by atoms with van der Waals surface area (Å²) in [6.07, 6.45) is -2.23. The Balaban J connectivity index is 2.06. The molecular formula is C14H19F3N2. The van der Waals surface area contributed by atoms with Gasteiger partial charge in [0.15, 0.2) is 0 Å². The van der Waals surface area contributed by atoms with E-state index < -0.39 is 12.7 Å². The maximum Gasteiger partial charge on any atom is 0.401 e. The molecule has 0 aliphatic heterocycles. The standard InChI is InChI=1S/C14H19F3N2/c1-2-19(10-14(15,16)17)9-13(7-8-13)11-3-5-12(18)6-4-11/h3-6H,2,7-10,18H2,1H3. The first-order chi connectivity index (χ1) is 8.85. The van der Waals surface area contributed by atoms with E-state index in [1.807, 2.05) is 24.3 Å². The lowest BCUT2D eigenvalue weighted by molar-refractivity contribution is -0.146. The molecule has 2 N–H and O–H groups in total. The van der Waals surface area contributed by atoms with Crippen LogP contribution < -0.4 is 5.73 Å². The summed E-state index contributed by atoms with van der Waals surface area (Å²) in [6, 6.07) is 7.50. The van der Waals surface area contributed by atoms with Crippen LogP contribution in [0.5, 0.6) is 0 Å². The van der Waals surface area contributed by atoms with Gasteiger partial charge < -0.3 is 5.73 Å². The number of hydrogen-bond donors (Lipinski definition) is 1. The van der Waals surface area contributed by atoms with Crippen LogP contribution in [0, 0.1) is 0 Å². The van der Waals surface area contributed by atoms with E-state index in [2.05, 4.69) is 0 Å². The Morgan fingerprint density at radius 1 is 1.21 bits per heavy atom. The van der Waals surface area contributed by atoms with Crippen molar-refractivity contribution in [2.45, 2.75) is 31.4 Å². The summed E-state index contributed by atoms with van der Waals surface area (Å²) < 4.78 is 37.5. The van der Waals surface area contributed by atoms with E-state index in [1.54, 1.807) is 6.92 Å². The summed E-state index contributed by atoms with van der Waals surface area (Å²) >= 11 is 0. The number of nitrogens with zero attached hydrogens (tertiary/aromatic N) is 1. The average molecular weight is 272 g/mol. The van der Waals surface area contributed by atoms with Crippen molar-refractivity contribution in [2.75, 3.05) is 25.4 Å². The zero-order valence-electron chi connectivity index (χ0n) is 11.0. The van der Waals surface area contributed by atoms with Gasteiger partial charge in [-0.25, -0.2) is 0 Å². The minimum Gasteiger partial charge on any atom is -0.399 e. The van der Waals surface area contributed by atoms with Crippen LogP contribution in [0.25, 0.3) is 0 Å². The summed E-state index contributed by atoms with van der Waals surface area (Å²) in [5, 5.41) is 0. The fourth-order valence-electron chi connectivity index (χ4n) is 2.49. The monoisotopic (exact) mass is 272 g/mol. The summed E-state index contributed by atoms with van der Waals surface area (Å²) in [5.74, 6) is 0. The normalized spacial score (nSPS) is 17.7. The van der Waals surface area contributed by atoms with E-state index in [0.717, 1.165) is 18.4 Å². The number of hydrogen-bond acceptors (Lipinski definition) is 2. The van der Waals surface area contributed by atoms with E-state index in [0.29, 0.717) is 18.8 Å². The van der Waals surface area contributed by atoms with Crippen LogP contribution in [0.3, 0.4) is 0 Å². The molecule has 1 fully saturated rings. The third-order valence-electron chi connectivity index (χ3n) is 3.75. The Bertz CT molecular complexity index is 421. The Morgan fingerprint density at radius 2 is 1.79 bits per heavy atom. The molecule has 106 valence electrons. The van der Waals surface area contributed by atoms with Gasteiger partial charge >= 0.3 is 6.18 Å². The molecule has 1 aliphatic carbocycles. The van der Waals surface area contributed by atoms with E-state index >= 15 is 0 Å². The molecule has 1 aromatic rings. The van der Waals surface area contributed by atoms with E-state index in [-0.39, 0.29) is 5.41 Å². The van der Waals surface area contributed by atoms with E-state index in [1.165, 1.54) is 4.90 Å². The third-order valence-corrected chi connectivity index (χ3v) is 3.75. The molecule has 1 aliphatic rings. The molecule has 1 saturated carbocycles. The lowest BCUT2D eigenvalue weighted by Gasteiger charge is -2.27. The summed E-state index contributed by atoms with van der Waals surface area (Å²) in [6.45, 7) is 1.81. The SMILES string of the molecule is CCN(CC(F)(F)F)CC1(c2ccc(N)cc2)CC1. The molecule has 0 spiro atoms. The van der Waals surface area contributed by atoms with Gasteiger partial charge in [0.05, 0.1) is 6.54 Å². The molecular weight excluding hydrogens is 253 g/mol. The highest BCUT2D eigenvalue weighted by Gasteiger charge is 2.46. The highest BCUT2D eigenvalue weighted by Crippen LogP contribution is 2.49. The van der Waals surface area contributed by atoms with Gasteiger partial charge in [-0.05, 0) is 37.1 Å². The minimum absolute atomic E-state index is 0.102. The highest BCUT2D eigenvalue weighted by molar-refractivity contribution is 5.43. The predicted molar refractivity (Wildman–Crippen MR) is 69.9 cm³/mol. The van der Waals surface area contributed by atoms with E-state index in [4.69, 9.17) is 5.73 Å². The third kappa shape index (κ3) is 3.62. The molecule has 0 saturated heterocycles. The van der Waals surface area contributed by atoms with Crippen molar-refractivity contribution >= 4 is 5.69 Å². The van der Waals surface area contributed by atoms with Gasteiger partial charge in [0.2, 0.25) is 0 Å². The second-order valence-electron chi connectivity index (χ2n) is 5.32. The first-order valence-corrected chi connectivity index (χ1v) is 6.50. The second-order valence-corrected chi connectivity index (χ2v) is 5.32. The largest absolute Gasteiger partial charge is 0.401 e. The molecule has 0 aromatic heterocycles. The molecule has 1 aromatic carbocycles. The van der Waals surface area contributed by atoms with Gasteiger partial charge in [-0.2, -0.15) is 13.2 Å². The average Bonchev–Trinajstić information content (AvgIpc) is 3.08. The van der Waals surface area contributed by atoms with Crippen molar-refractivity contribution in [3.05, 3.63) is 29.8 Å². The molecule has 19 heavy (non-hydrogen) atoms. The molecule has 0 unspecified atom stereocenters. The van der Waals surface area contributed by atoms with Crippen LogP contribution in [-0.2, 0) is 5.41 Å². The number of nitrogen functional groups attached to an aromatic ring is 1. The van der Waals surface area contributed by atoms with Crippen LogP contribution in [-0.4, -0.2) is 30.7 Å². The Hall–Kier alpha value is -1.23. The van der Waals surface area contributed by atoms with Crippen LogP contribution >= 0.6 is 0 Å². The molecule has 2 nitrogen and oxygen atoms in total. The van der Waals surface area contributed by atoms with Gasteiger partial charge in [0.25, 0.3) is 0 Å². The number of likely N-dealkylation sites (N-methyl/N-ethyl adjacent to an activating group) is 1. The fourth-order valence-corrected chi connectivity index (χ4v) is 2.49. The molecule has 2 rings (SSSR count). The molecule has 0 bridgehead atoms. The van der Waals surface area contributed by atoms with Crippen molar-refractivity contribution < 1.29 is 13.2 Å². The molecule has 5 heteroatoms. The summed E-state index contributed by atoms with van der Waals surface area (Å²) in [5.41, 5.74) is 7.32. The number of nitrogens with two attached hydrogens (primary N) is 1. The Kier molecular flexibility index (Phi) is 3.76. The zero-order chi connectivity index (χ0) is 14.1. The van der Waals surface area contributed by atoms with Crippen molar-refractivity contribution in [3.63, 3.8) is 0 Å². The van der Waals surface area contributed by atoms with Crippen molar-refractivity contribution in [1.29, 1.82) is 0 Å². The zero-order valence-corrected chi connectivity index (χ0v) is 11.0. The lowest BCUT2D eigenvalue weighted by atomic mass is 9.95. The minimum atomic E-state index is -4.13. The molecule has 0 amide bonds. The van der Waals surface area contributed by atoms with Gasteiger partial charge in [0, 0.05) is 17.6 Å². The Labute approximate surface area is 111 Å². The van der Waals surface area contributed by atoms with Crippen molar-refractivity contribution in [2.24, 2.45) is 0 Å². The van der Waals surface area contributed by atoms with Crippen LogP contribution in [0.2, 0.25) is 0 Å². The van der Waals surface area contributed by atoms with Gasteiger partial charge in [-0.3, -0.25) is 4.90 Å². The number of anilines is 1. The predicted octanol–water partition coefficient (Wildman–Crippen LogP) is 3.18. The van der Waals surface area contributed by atoms with Crippen LogP contribution in [0.1, 0.15) is 25.3 Å². The fraction of sp³-hybridized carbons (Fsp3) is 0.571. The second kappa shape index (κ2) is 5.04. The number of rotatable bonds is 5. The number of alkyl halides is 3. The van der Waals surface area contributed by atoms with Gasteiger partial charge in [0.1, 0.15) is 0 Å². The first kappa shape index (κ1) is 14.2. The molecule has 0 heterocycles. The lowest BCUT2D eigenvalue weighted by Crippen LogP contribution is -2.39. The maximum atomic E-state index is 12.5. The summed E-state index contributed by atoms with van der Waals surface area (Å²) in [4.78, 5) is 1.48. The maximum absolute atomic E-state index is 12.5. The van der Waals surface area contributed by atoms with Crippen molar-refractivity contribution in [1.82, 2.24) is 4.90 Å². The van der Waals surface area contributed by atoms with Gasteiger partial charge in [-0.1, -0.05) is 19.1 Å². The smallest absolute Gasteiger partial charge is 0.399 e. The van der Waals surface area contributed by atoms with Crippen molar-refractivity contribution in [3.8, 4) is 0 Å². The summed E-state index contributed by atoms with van der Waals surface area (Å²) in [7, 11) is 0.